The van der Waals surface area contributed by atoms with Gasteiger partial charge in [0.1, 0.15) is 5.03 Å². The van der Waals surface area contributed by atoms with Crippen molar-refractivity contribution in [1.29, 1.82) is 0 Å². The van der Waals surface area contributed by atoms with E-state index in [2.05, 4.69) is 52.1 Å². The minimum Gasteiger partial charge on any atom is -0.323 e. The normalized spacial score (nSPS) is 25.2. The standard InChI is InChI=1S/C16H17BrN2S/c1-10-9-14(20-16-13(17)7-4-8-19-16)15(18)12-6-3-2-5-11(10)12/h2-8,10,14-15H,9,18H2,1H3. The summed E-state index contributed by atoms with van der Waals surface area (Å²) in [5.41, 5.74) is 9.17. The Bertz CT molecular complexity index is 617. The van der Waals surface area contributed by atoms with E-state index in [9.17, 15) is 0 Å². The molecule has 3 unspecified atom stereocenters. The number of rotatable bonds is 2. The summed E-state index contributed by atoms with van der Waals surface area (Å²) in [6.07, 6.45) is 2.92. The van der Waals surface area contributed by atoms with Gasteiger partial charge in [-0.3, -0.25) is 0 Å². The zero-order valence-corrected chi connectivity index (χ0v) is 13.7. The highest BCUT2D eigenvalue weighted by molar-refractivity contribution is 9.10. The van der Waals surface area contributed by atoms with Crippen LogP contribution in [0.25, 0.3) is 0 Å². The first kappa shape index (κ1) is 14.1. The Morgan fingerprint density at radius 2 is 1.95 bits per heavy atom. The molecular formula is C16H17BrN2S. The SMILES string of the molecule is CC1CC(Sc2ncccc2Br)C(N)c2ccccc21. The number of aromatic nitrogens is 1. The molecule has 1 heterocycles. The third kappa shape index (κ3) is 2.65. The number of thioether (sulfide) groups is 1. The van der Waals surface area contributed by atoms with Crippen LogP contribution in [0.15, 0.2) is 52.1 Å². The summed E-state index contributed by atoms with van der Waals surface area (Å²) in [5.74, 6) is 0.547. The molecule has 20 heavy (non-hydrogen) atoms. The Kier molecular flexibility index (Phi) is 4.15. The topological polar surface area (TPSA) is 38.9 Å². The highest BCUT2D eigenvalue weighted by Gasteiger charge is 2.31. The lowest BCUT2D eigenvalue weighted by Crippen LogP contribution is -2.31. The van der Waals surface area contributed by atoms with Crippen LogP contribution in [0.1, 0.15) is 36.4 Å². The van der Waals surface area contributed by atoms with E-state index in [1.807, 2.05) is 18.3 Å². The van der Waals surface area contributed by atoms with E-state index in [-0.39, 0.29) is 6.04 Å². The van der Waals surface area contributed by atoms with Gasteiger partial charge in [-0.15, -0.1) is 0 Å². The van der Waals surface area contributed by atoms with Crippen LogP contribution in [0, 0.1) is 0 Å². The minimum absolute atomic E-state index is 0.0707. The van der Waals surface area contributed by atoms with Crippen LogP contribution in [-0.2, 0) is 0 Å². The highest BCUT2D eigenvalue weighted by Crippen LogP contribution is 2.44. The number of hydrogen-bond donors (Lipinski definition) is 1. The smallest absolute Gasteiger partial charge is 0.110 e. The predicted octanol–water partition coefficient (Wildman–Crippen LogP) is 4.51. The van der Waals surface area contributed by atoms with E-state index in [1.165, 1.54) is 11.1 Å². The molecule has 0 fully saturated rings. The van der Waals surface area contributed by atoms with Crippen molar-refractivity contribution in [3.05, 3.63) is 58.2 Å². The molecule has 0 spiro atoms. The Morgan fingerprint density at radius 3 is 2.70 bits per heavy atom. The van der Waals surface area contributed by atoms with Gasteiger partial charge in [0.05, 0.1) is 0 Å². The fraction of sp³-hybridized carbons (Fsp3) is 0.312. The summed E-state index contributed by atoms with van der Waals surface area (Å²) >= 11 is 5.35. The van der Waals surface area contributed by atoms with Gasteiger partial charge in [0.25, 0.3) is 0 Å². The van der Waals surface area contributed by atoms with Crippen LogP contribution < -0.4 is 5.73 Å². The van der Waals surface area contributed by atoms with Crippen molar-refractivity contribution >= 4 is 27.7 Å². The molecule has 0 aliphatic heterocycles. The van der Waals surface area contributed by atoms with Gasteiger partial charge in [0.15, 0.2) is 0 Å². The third-order valence-corrected chi connectivity index (χ3v) is 6.10. The lowest BCUT2D eigenvalue weighted by Gasteiger charge is -2.34. The summed E-state index contributed by atoms with van der Waals surface area (Å²) in [5, 5.41) is 1.39. The third-order valence-electron chi connectivity index (χ3n) is 3.86. The first-order valence-corrected chi connectivity index (χ1v) is 8.45. The highest BCUT2D eigenvalue weighted by atomic mass is 79.9. The number of nitrogens with two attached hydrogens (primary N) is 1. The fourth-order valence-corrected chi connectivity index (χ4v) is 4.61. The molecule has 104 valence electrons. The van der Waals surface area contributed by atoms with E-state index in [4.69, 9.17) is 5.73 Å². The molecule has 0 saturated heterocycles. The van der Waals surface area contributed by atoms with Gasteiger partial charge in [-0.25, -0.2) is 4.98 Å². The molecule has 3 atom stereocenters. The summed E-state index contributed by atoms with van der Waals surface area (Å²) in [7, 11) is 0. The van der Waals surface area contributed by atoms with Crippen molar-refractivity contribution in [3.63, 3.8) is 0 Å². The molecule has 1 aliphatic carbocycles. The van der Waals surface area contributed by atoms with Gasteiger partial charge in [0.2, 0.25) is 0 Å². The Balaban J connectivity index is 1.88. The molecule has 2 aromatic rings. The molecule has 1 aliphatic rings. The van der Waals surface area contributed by atoms with Crippen LogP contribution in [0.2, 0.25) is 0 Å². The van der Waals surface area contributed by atoms with Crippen molar-refractivity contribution in [2.45, 2.75) is 35.6 Å². The largest absolute Gasteiger partial charge is 0.323 e. The van der Waals surface area contributed by atoms with Crippen molar-refractivity contribution in [2.75, 3.05) is 0 Å². The minimum atomic E-state index is 0.0707. The van der Waals surface area contributed by atoms with Gasteiger partial charge in [0, 0.05) is 22.0 Å². The van der Waals surface area contributed by atoms with Crippen molar-refractivity contribution in [3.8, 4) is 0 Å². The maximum Gasteiger partial charge on any atom is 0.110 e. The number of nitrogens with zero attached hydrogens (tertiary/aromatic N) is 1. The summed E-state index contributed by atoms with van der Waals surface area (Å²) in [6.45, 7) is 2.28. The van der Waals surface area contributed by atoms with Gasteiger partial charge in [-0.05, 0) is 51.5 Å². The molecule has 2 N–H and O–H groups in total. The predicted molar refractivity (Wildman–Crippen MR) is 88.0 cm³/mol. The molecular weight excluding hydrogens is 332 g/mol. The summed E-state index contributed by atoms with van der Waals surface area (Å²) in [4.78, 5) is 4.45. The Morgan fingerprint density at radius 1 is 1.20 bits per heavy atom. The first-order valence-electron chi connectivity index (χ1n) is 6.78. The fourth-order valence-electron chi connectivity index (χ4n) is 2.81. The lowest BCUT2D eigenvalue weighted by atomic mass is 9.81. The molecule has 0 radical (unpaired) electrons. The second-order valence-electron chi connectivity index (χ2n) is 5.24. The average molecular weight is 349 g/mol. The van der Waals surface area contributed by atoms with Crippen LogP contribution >= 0.6 is 27.7 Å². The van der Waals surface area contributed by atoms with Crippen molar-refractivity contribution in [2.24, 2.45) is 5.73 Å². The molecule has 2 nitrogen and oxygen atoms in total. The first-order chi connectivity index (χ1) is 9.66. The van der Waals surface area contributed by atoms with E-state index >= 15 is 0 Å². The molecule has 1 aromatic carbocycles. The Hall–Kier alpha value is -0.840. The molecule has 3 rings (SSSR count). The second-order valence-corrected chi connectivity index (χ2v) is 7.32. The molecule has 0 amide bonds. The molecule has 4 heteroatoms. The van der Waals surface area contributed by atoms with Crippen LogP contribution in [0.5, 0.6) is 0 Å². The van der Waals surface area contributed by atoms with E-state index < -0.39 is 0 Å². The van der Waals surface area contributed by atoms with E-state index in [0.29, 0.717) is 11.2 Å². The van der Waals surface area contributed by atoms with Crippen molar-refractivity contribution < 1.29 is 0 Å². The van der Waals surface area contributed by atoms with Gasteiger partial charge in [-0.2, -0.15) is 0 Å². The zero-order valence-electron chi connectivity index (χ0n) is 11.3. The number of pyridine rings is 1. The average Bonchev–Trinajstić information content (AvgIpc) is 2.47. The number of benzene rings is 1. The number of hydrogen-bond acceptors (Lipinski definition) is 3. The van der Waals surface area contributed by atoms with Crippen LogP contribution in [-0.4, -0.2) is 10.2 Å². The summed E-state index contributed by atoms with van der Waals surface area (Å²) < 4.78 is 1.05. The van der Waals surface area contributed by atoms with Crippen molar-refractivity contribution in [1.82, 2.24) is 4.98 Å². The molecule has 0 saturated carbocycles. The number of fused-ring (bicyclic) bond motifs is 1. The molecule has 1 aromatic heterocycles. The van der Waals surface area contributed by atoms with Crippen LogP contribution in [0.3, 0.4) is 0 Å². The van der Waals surface area contributed by atoms with Gasteiger partial charge in [-0.1, -0.05) is 43.0 Å². The molecule has 0 bridgehead atoms. The van der Waals surface area contributed by atoms with E-state index in [0.717, 1.165) is 15.9 Å². The Labute approximate surface area is 132 Å². The maximum absolute atomic E-state index is 6.49. The number of halogens is 1. The zero-order chi connectivity index (χ0) is 14.1. The van der Waals surface area contributed by atoms with Crippen LogP contribution in [0.4, 0.5) is 0 Å². The summed E-state index contributed by atoms with van der Waals surface area (Å²) in [6, 6.07) is 12.6. The van der Waals surface area contributed by atoms with E-state index in [1.54, 1.807) is 11.8 Å². The van der Waals surface area contributed by atoms with Gasteiger partial charge >= 0.3 is 0 Å². The second kappa shape index (κ2) is 5.88. The lowest BCUT2D eigenvalue weighted by molar-refractivity contribution is 0.527. The van der Waals surface area contributed by atoms with Gasteiger partial charge < -0.3 is 5.73 Å². The maximum atomic E-state index is 6.49. The monoisotopic (exact) mass is 348 g/mol. The quantitative estimate of drug-likeness (QED) is 0.867.